The van der Waals surface area contributed by atoms with E-state index in [1.165, 1.54) is 5.57 Å². The summed E-state index contributed by atoms with van der Waals surface area (Å²) in [5.74, 6) is 2.10. The van der Waals surface area contributed by atoms with Crippen molar-refractivity contribution in [3.8, 4) is 11.5 Å². The summed E-state index contributed by atoms with van der Waals surface area (Å²) in [5.41, 5.74) is 1.32. The lowest BCUT2D eigenvalue weighted by atomic mass is 9.77. The third-order valence-corrected chi connectivity index (χ3v) is 5.85. The molecule has 3 aliphatic rings. The average molecular weight is 396 g/mol. The largest absolute Gasteiger partial charge is 0.454 e. The van der Waals surface area contributed by atoms with E-state index in [1.54, 1.807) is 4.90 Å². The topological polar surface area (TPSA) is 74.7 Å². The van der Waals surface area contributed by atoms with Crippen LogP contribution in [0.15, 0.2) is 36.4 Å². The molecule has 2 N–H and O–H groups in total. The van der Waals surface area contributed by atoms with E-state index < -0.39 is 5.54 Å². The lowest BCUT2D eigenvalue weighted by molar-refractivity contribution is -0.131. The van der Waals surface area contributed by atoms with Crippen LogP contribution in [-0.2, 0) is 4.79 Å². The highest BCUT2D eigenvalue weighted by Gasteiger charge is 2.47. The van der Waals surface area contributed by atoms with Crippen molar-refractivity contribution in [1.29, 1.82) is 5.41 Å². The fourth-order valence-electron chi connectivity index (χ4n) is 4.60. The molecule has 154 valence electrons. The first kappa shape index (κ1) is 19.6. The summed E-state index contributed by atoms with van der Waals surface area (Å²) >= 11 is 0. The van der Waals surface area contributed by atoms with E-state index >= 15 is 0 Å². The Morgan fingerprint density at radius 1 is 1.24 bits per heavy atom. The average Bonchev–Trinajstić information content (AvgIpc) is 3.19. The van der Waals surface area contributed by atoms with Gasteiger partial charge in [-0.25, -0.2) is 0 Å². The van der Waals surface area contributed by atoms with E-state index in [9.17, 15) is 4.79 Å². The third-order valence-electron chi connectivity index (χ3n) is 5.85. The van der Waals surface area contributed by atoms with Crippen LogP contribution in [0.2, 0.25) is 0 Å². The fraction of sp³-hybridized carbons (Fsp3) is 0.478. The van der Waals surface area contributed by atoms with E-state index in [-0.39, 0.29) is 24.1 Å². The molecule has 0 bridgehead atoms. The molecule has 1 aliphatic carbocycles. The first-order chi connectivity index (χ1) is 13.7. The van der Waals surface area contributed by atoms with Crippen LogP contribution in [0.4, 0.5) is 0 Å². The number of fused-ring (bicyclic) bond motifs is 1. The summed E-state index contributed by atoms with van der Waals surface area (Å²) in [6.07, 6.45) is 7.79. The molecule has 0 saturated carbocycles. The number of hydrogen-bond donors (Lipinski definition) is 2. The van der Waals surface area contributed by atoms with Crippen LogP contribution in [-0.4, -0.2) is 35.6 Å². The molecule has 1 amide bonds. The highest BCUT2D eigenvalue weighted by Crippen LogP contribution is 2.41. The molecular formula is C23H29N3O3. The van der Waals surface area contributed by atoms with Gasteiger partial charge in [0.05, 0.1) is 0 Å². The van der Waals surface area contributed by atoms with Crippen molar-refractivity contribution >= 4 is 17.4 Å². The molecule has 6 nitrogen and oxygen atoms in total. The van der Waals surface area contributed by atoms with Gasteiger partial charge in [0.2, 0.25) is 6.79 Å². The number of rotatable bonds is 5. The summed E-state index contributed by atoms with van der Waals surface area (Å²) in [6, 6.07) is 6.00. The van der Waals surface area contributed by atoms with Gasteiger partial charge in [0.25, 0.3) is 5.91 Å². The second-order valence-corrected chi connectivity index (χ2v) is 9.24. The molecule has 2 unspecified atom stereocenters. The number of ether oxygens (including phenoxy) is 2. The summed E-state index contributed by atoms with van der Waals surface area (Å²) < 4.78 is 10.9. The van der Waals surface area contributed by atoms with Crippen LogP contribution in [0.1, 0.15) is 46.1 Å². The lowest BCUT2D eigenvalue weighted by Crippen LogP contribution is -2.46. The number of hydrogen-bond acceptors (Lipinski definition) is 4. The van der Waals surface area contributed by atoms with Crippen molar-refractivity contribution in [2.24, 2.45) is 11.3 Å². The minimum Gasteiger partial charge on any atom is -0.454 e. The Morgan fingerprint density at radius 2 is 2.00 bits per heavy atom. The van der Waals surface area contributed by atoms with Gasteiger partial charge in [-0.2, -0.15) is 0 Å². The van der Waals surface area contributed by atoms with Crippen molar-refractivity contribution in [2.45, 2.75) is 46.1 Å². The molecule has 2 heterocycles. The third kappa shape index (κ3) is 3.63. The zero-order chi connectivity index (χ0) is 20.8. The molecule has 6 heteroatoms. The van der Waals surface area contributed by atoms with E-state index in [0.29, 0.717) is 18.9 Å². The monoisotopic (exact) mass is 395 g/mol. The van der Waals surface area contributed by atoms with Gasteiger partial charge in [0.15, 0.2) is 17.5 Å². The summed E-state index contributed by atoms with van der Waals surface area (Å²) in [4.78, 5) is 14.7. The molecule has 2 atom stereocenters. The smallest absolute Gasteiger partial charge is 0.254 e. The van der Waals surface area contributed by atoms with Crippen molar-refractivity contribution in [3.05, 3.63) is 42.0 Å². The van der Waals surface area contributed by atoms with Crippen LogP contribution >= 0.6 is 0 Å². The molecule has 1 fully saturated rings. The lowest BCUT2D eigenvalue weighted by Gasteiger charge is -2.34. The Kier molecular flexibility index (Phi) is 4.68. The van der Waals surface area contributed by atoms with Crippen LogP contribution in [0.5, 0.6) is 11.5 Å². The van der Waals surface area contributed by atoms with Gasteiger partial charge >= 0.3 is 0 Å². The van der Waals surface area contributed by atoms with Crippen molar-refractivity contribution in [1.82, 2.24) is 10.2 Å². The van der Waals surface area contributed by atoms with Gasteiger partial charge in [-0.15, -0.1) is 0 Å². The maximum atomic E-state index is 13.1. The number of nitrogens with zero attached hydrogens (tertiary/aromatic N) is 1. The van der Waals surface area contributed by atoms with Crippen molar-refractivity contribution in [2.75, 3.05) is 13.3 Å². The SMILES string of the molecule is CC(C)CC1(C)NC(=N)N(CC2(C)C=CC=C(c3ccc4c(c3)OCO4)C2)C1=O. The van der Waals surface area contributed by atoms with Crippen molar-refractivity contribution in [3.63, 3.8) is 0 Å². The Labute approximate surface area is 172 Å². The standard InChI is InChI=1S/C23H29N3O3/c1-15(2)11-23(4)20(27)26(21(24)25-23)13-22(3)9-5-6-17(12-22)16-7-8-18-19(10-16)29-14-28-18/h5-10,15H,11-14H2,1-4H3,(H2,24,25). The highest BCUT2D eigenvalue weighted by atomic mass is 16.7. The number of allylic oxidation sites excluding steroid dienone is 3. The predicted molar refractivity (Wildman–Crippen MR) is 113 cm³/mol. The molecule has 1 aromatic rings. The molecule has 1 aromatic carbocycles. The second-order valence-electron chi connectivity index (χ2n) is 9.24. The molecule has 0 spiro atoms. The Bertz CT molecular complexity index is 920. The second kappa shape index (κ2) is 6.94. The van der Waals surface area contributed by atoms with Gasteiger partial charge in [-0.05, 0) is 49.0 Å². The Hall–Kier alpha value is -2.76. The maximum Gasteiger partial charge on any atom is 0.254 e. The Morgan fingerprint density at radius 3 is 2.76 bits per heavy atom. The van der Waals surface area contributed by atoms with Crippen LogP contribution in [0.3, 0.4) is 0 Å². The number of nitrogens with one attached hydrogen (secondary N) is 2. The first-order valence-electron chi connectivity index (χ1n) is 10.2. The molecule has 0 aromatic heterocycles. The van der Waals surface area contributed by atoms with Crippen LogP contribution in [0, 0.1) is 16.7 Å². The summed E-state index contributed by atoms with van der Waals surface area (Å²) in [6.45, 7) is 8.98. The number of carbonyl (C=O) groups excluding carboxylic acids is 1. The molecular weight excluding hydrogens is 366 g/mol. The van der Waals surface area contributed by atoms with E-state index in [4.69, 9.17) is 14.9 Å². The van der Waals surface area contributed by atoms with Crippen molar-refractivity contribution < 1.29 is 14.3 Å². The van der Waals surface area contributed by atoms with Gasteiger partial charge in [0, 0.05) is 12.0 Å². The molecule has 0 radical (unpaired) electrons. The van der Waals surface area contributed by atoms with Gasteiger partial charge in [-0.1, -0.05) is 45.1 Å². The van der Waals surface area contributed by atoms with Crippen LogP contribution in [0.25, 0.3) is 5.57 Å². The minimum absolute atomic E-state index is 0.00925. The zero-order valence-electron chi connectivity index (χ0n) is 17.5. The van der Waals surface area contributed by atoms with E-state index in [0.717, 1.165) is 23.5 Å². The molecule has 4 rings (SSSR count). The first-order valence-corrected chi connectivity index (χ1v) is 10.2. The molecule has 1 saturated heterocycles. The fourth-order valence-corrected chi connectivity index (χ4v) is 4.60. The number of benzene rings is 1. The minimum atomic E-state index is -0.698. The quantitative estimate of drug-likeness (QED) is 0.792. The van der Waals surface area contributed by atoms with E-state index in [2.05, 4.69) is 38.2 Å². The zero-order valence-corrected chi connectivity index (χ0v) is 17.5. The normalized spacial score (nSPS) is 28.2. The highest BCUT2D eigenvalue weighted by molar-refractivity contribution is 6.07. The summed E-state index contributed by atoms with van der Waals surface area (Å²) in [5, 5.41) is 11.5. The number of amides is 1. The number of carbonyl (C=O) groups is 1. The van der Waals surface area contributed by atoms with Crippen LogP contribution < -0.4 is 14.8 Å². The predicted octanol–water partition coefficient (Wildman–Crippen LogP) is 3.94. The molecule has 2 aliphatic heterocycles. The maximum absolute atomic E-state index is 13.1. The Balaban J connectivity index is 1.51. The van der Waals surface area contributed by atoms with Gasteiger partial charge in [0.1, 0.15) is 5.54 Å². The molecule has 29 heavy (non-hydrogen) atoms. The van der Waals surface area contributed by atoms with Gasteiger partial charge < -0.3 is 14.8 Å². The summed E-state index contributed by atoms with van der Waals surface area (Å²) in [7, 11) is 0. The van der Waals surface area contributed by atoms with E-state index in [1.807, 2.05) is 31.2 Å². The number of guanidine groups is 1. The van der Waals surface area contributed by atoms with Gasteiger partial charge in [-0.3, -0.25) is 15.1 Å².